The minimum atomic E-state index is 0.984. The number of hydrogen-bond donors (Lipinski definition) is 0. The number of rotatable bonds is 2. The summed E-state index contributed by atoms with van der Waals surface area (Å²) < 4.78 is 0. The van der Waals surface area contributed by atoms with Crippen molar-refractivity contribution in [3.8, 4) is 0 Å². The first-order chi connectivity index (χ1) is 5.65. The van der Waals surface area contributed by atoms with Crippen LogP contribution >= 0.6 is 0 Å². The van der Waals surface area contributed by atoms with E-state index in [4.69, 9.17) is 0 Å². The van der Waals surface area contributed by atoms with E-state index in [9.17, 15) is 0 Å². The summed E-state index contributed by atoms with van der Waals surface area (Å²) in [6, 6.07) is 4.46. The van der Waals surface area contributed by atoms with Crippen molar-refractivity contribution in [2.75, 3.05) is 0 Å². The molecule has 0 aliphatic rings. The molecule has 1 aromatic rings. The van der Waals surface area contributed by atoms with Gasteiger partial charge in [0.1, 0.15) is 0 Å². The van der Waals surface area contributed by atoms with Crippen molar-refractivity contribution >= 4 is 0 Å². The molecule has 64 valence electrons. The van der Waals surface area contributed by atoms with Crippen LogP contribution in [-0.4, -0.2) is 0 Å². The highest BCUT2D eigenvalue weighted by Crippen LogP contribution is 2.16. The SMILES string of the molecule is C=CCc1c(C)cc(C)cc1C. The summed E-state index contributed by atoms with van der Waals surface area (Å²) in [5.74, 6) is 0. The highest BCUT2D eigenvalue weighted by molar-refractivity contribution is 5.38. The first-order valence-electron chi connectivity index (χ1n) is 4.32. The largest absolute Gasteiger partial charge is 0.103 e. The third-order valence-corrected chi connectivity index (χ3v) is 2.19. The van der Waals surface area contributed by atoms with Gasteiger partial charge in [0.2, 0.25) is 0 Å². The molecule has 0 radical (unpaired) electrons. The van der Waals surface area contributed by atoms with Gasteiger partial charge in [0.05, 0.1) is 0 Å². The molecule has 0 bridgehead atoms. The van der Waals surface area contributed by atoms with E-state index < -0.39 is 0 Å². The van der Waals surface area contributed by atoms with Crippen LogP contribution in [0.2, 0.25) is 0 Å². The van der Waals surface area contributed by atoms with Gasteiger partial charge in [-0.2, -0.15) is 0 Å². The van der Waals surface area contributed by atoms with E-state index in [1.165, 1.54) is 22.3 Å². The molecule has 0 heterocycles. The number of aryl methyl sites for hydroxylation is 3. The summed E-state index contributed by atoms with van der Waals surface area (Å²) in [7, 11) is 0. The van der Waals surface area contributed by atoms with Gasteiger partial charge < -0.3 is 0 Å². The number of allylic oxidation sites excluding steroid dienone is 1. The van der Waals surface area contributed by atoms with Crippen LogP contribution in [0.3, 0.4) is 0 Å². The van der Waals surface area contributed by atoms with E-state index in [0.717, 1.165) is 6.42 Å². The predicted molar refractivity (Wildman–Crippen MR) is 54.6 cm³/mol. The standard InChI is InChI=1S/C12H16/c1-5-6-12-10(3)7-9(2)8-11(12)4/h5,7-8H,1,6H2,2-4H3. The molecule has 0 spiro atoms. The average Bonchev–Trinajstić information content (AvgIpc) is 1.96. The van der Waals surface area contributed by atoms with Gasteiger partial charge in [0.25, 0.3) is 0 Å². The second-order valence-electron chi connectivity index (χ2n) is 3.37. The number of benzene rings is 1. The molecule has 0 nitrogen and oxygen atoms in total. The van der Waals surface area contributed by atoms with Gasteiger partial charge in [0.15, 0.2) is 0 Å². The molecular formula is C12H16. The van der Waals surface area contributed by atoms with Crippen LogP contribution in [0.15, 0.2) is 24.8 Å². The summed E-state index contributed by atoms with van der Waals surface area (Å²) >= 11 is 0. The summed E-state index contributed by atoms with van der Waals surface area (Å²) in [6.45, 7) is 10.2. The van der Waals surface area contributed by atoms with Crippen molar-refractivity contribution in [3.63, 3.8) is 0 Å². The Morgan fingerprint density at radius 1 is 1.17 bits per heavy atom. The van der Waals surface area contributed by atoms with Gasteiger partial charge in [-0.3, -0.25) is 0 Å². The van der Waals surface area contributed by atoms with Crippen LogP contribution < -0.4 is 0 Å². The highest BCUT2D eigenvalue weighted by atomic mass is 14.1. The first-order valence-corrected chi connectivity index (χ1v) is 4.32. The normalized spacial score (nSPS) is 9.92. The molecule has 0 aromatic heterocycles. The molecule has 0 atom stereocenters. The second kappa shape index (κ2) is 3.57. The minimum absolute atomic E-state index is 0.984. The molecule has 1 aromatic carbocycles. The molecule has 0 unspecified atom stereocenters. The fraction of sp³-hybridized carbons (Fsp3) is 0.333. The van der Waals surface area contributed by atoms with Gasteiger partial charge in [0, 0.05) is 0 Å². The molecule has 0 saturated heterocycles. The number of hydrogen-bond acceptors (Lipinski definition) is 0. The van der Waals surface area contributed by atoms with Crippen molar-refractivity contribution in [2.45, 2.75) is 27.2 Å². The van der Waals surface area contributed by atoms with E-state index in [2.05, 4.69) is 39.5 Å². The third-order valence-electron chi connectivity index (χ3n) is 2.19. The Morgan fingerprint density at radius 3 is 2.08 bits per heavy atom. The lowest BCUT2D eigenvalue weighted by Gasteiger charge is -2.08. The minimum Gasteiger partial charge on any atom is -0.103 e. The molecule has 0 fully saturated rings. The van der Waals surface area contributed by atoms with Crippen LogP contribution in [0.5, 0.6) is 0 Å². The van der Waals surface area contributed by atoms with Crippen molar-refractivity contribution in [2.24, 2.45) is 0 Å². The maximum atomic E-state index is 3.76. The van der Waals surface area contributed by atoms with Crippen LogP contribution in [0.25, 0.3) is 0 Å². The van der Waals surface area contributed by atoms with Crippen LogP contribution in [-0.2, 0) is 6.42 Å². The Morgan fingerprint density at radius 2 is 1.67 bits per heavy atom. The zero-order valence-corrected chi connectivity index (χ0v) is 8.15. The third kappa shape index (κ3) is 1.76. The Bertz CT molecular complexity index is 272. The Labute approximate surface area is 74.9 Å². The van der Waals surface area contributed by atoms with E-state index in [1.807, 2.05) is 6.08 Å². The quantitative estimate of drug-likeness (QED) is 0.582. The summed E-state index contributed by atoms with van der Waals surface area (Å²) in [5.41, 5.74) is 5.54. The lowest BCUT2D eigenvalue weighted by molar-refractivity contribution is 1.15. The van der Waals surface area contributed by atoms with Crippen molar-refractivity contribution in [1.82, 2.24) is 0 Å². The maximum absolute atomic E-state index is 3.76. The van der Waals surface area contributed by atoms with Gasteiger partial charge in [-0.05, 0) is 43.9 Å². The van der Waals surface area contributed by atoms with Crippen molar-refractivity contribution in [3.05, 3.63) is 47.0 Å². The Hall–Kier alpha value is -1.04. The van der Waals surface area contributed by atoms with Gasteiger partial charge >= 0.3 is 0 Å². The molecule has 0 aliphatic heterocycles. The molecule has 0 saturated carbocycles. The fourth-order valence-electron chi connectivity index (χ4n) is 1.68. The fourth-order valence-corrected chi connectivity index (χ4v) is 1.68. The molecule has 12 heavy (non-hydrogen) atoms. The molecule has 0 amide bonds. The molecule has 0 aliphatic carbocycles. The molecule has 0 heteroatoms. The van der Waals surface area contributed by atoms with E-state index >= 15 is 0 Å². The smallest absolute Gasteiger partial charge is 0.00949 e. The maximum Gasteiger partial charge on any atom is -0.00949 e. The van der Waals surface area contributed by atoms with Crippen molar-refractivity contribution in [1.29, 1.82) is 0 Å². The topological polar surface area (TPSA) is 0 Å². The van der Waals surface area contributed by atoms with E-state index in [0.29, 0.717) is 0 Å². The van der Waals surface area contributed by atoms with Gasteiger partial charge in [-0.15, -0.1) is 6.58 Å². The lowest BCUT2D eigenvalue weighted by Crippen LogP contribution is -1.92. The Balaban J connectivity index is 3.18. The molecule has 1 rings (SSSR count). The average molecular weight is 160 g/mol. The van der Waals surface area contributed by atoms with Gasteiger partial charge in [-0.25, -0.2) is 0 Å². The zero-order valence-electron chi connectivity index (χ0n) is 8.15. The second-order valence-corrected chi connectivity index (χ2v) is 3.37. The van der Waals surface area contributed by atoms with Crippen LogP contribution in [0.1, 0.15) is 22.3 Å². The van der Waals surface area contributed by atoms with Gasteiger partial charge in [-0.1, -0.05) is 23.8 Å². The first kappa shape index (κ1) is 9.05. The predicted octanol–water partition coefficient (Wildman–Crippen LogP) is 3.34. The summed E-state index contributed by atoms with van der Waals surface area (Å²) in [4.78, 5) is 0. The molecule has 0 N–H and O–H groups in total. The van der Waals surface area contributed by atoms with Crippen LogP contribution in [0, 0.1) is 20.8 Å². The van der Waals surface area contributed by atoms with Crippen molar-refractivity contribution < 1.29 is 0 Å². The van der Waals surface area contributed by atoms with E-state index in [-0.39, 0.29) is 0 Å². The lowest BCUT2D eigenvalue weighted by atomic mass is 9.97. The summed E-state index contributed by atoms with van der Waals surface area (Å²) in [5, 5.41) is 0. The van der Waals surface area contributed by atoms with E-state index in [1.54, 1.807) is 0 Å². The van der Waals surface area contributed by atoms with Crippen LogP contribution in [0.4, 0.5) is 0 Å². The summed E-state index contributed by atoms with van der Waals surface area (Å²) in [6.07, 6.45) is 2.95. The Kier molecular flexibility index (Phi) is 2.69. The highest BCUT2D eigenvalue weighted by Gasteiger charge is 2.00. The molecular weight excluding hydrogens is 144 g/mol. The monoisotopic (exact) mass is 160 g/mol. The zero-order chi connectivity index (χ0) is 9.14.